The van der Waals surface area contributed by atoms with Crippen LogP contribution in [0.5, 0.6) is 0 Å². The topological polar surface area (TPSA) is 90.0 Å². The molecule has 0 atom stereocenters. The Hall–Kier alpha value is -3.24. The van der Waals surface area contributed by atoms with Gasteiger partial charge in [-0.3, -0.25) is 14.4 Å². The van der Waals surface area contributed by atoms with Crippen LogP contribution < -0.4 is 4.90 Å². The lowest BCUT2D eigenvalue weighted by atomic mass is 9.90. The third-order valence-electron chi connectivity index (χ3n) is 6.32. The summed E-state index contributed by atoms with van der Waals surface area (Å²) in [6, 6.07) is 6.78. The monoisotopic (exact) mass is 607 g/mol. The van der Waals surface area contributed by atoms with E-state index < -0.39 is 41.1 Å². The first-order valence-electron chi connectivity index (χ1n) is 13.5. The van der Waals surface area contributed by atoms with Crippen LogP contribution in [0.25, 0.3) is 0 Å². The highest BCUT2D eigenvalue weighted by molar-refractivity contribution is 8.00. The van der Waals surface area contributed by atoms with Crippen LogP contribution in [0.3, 0.4) is 0 Å². The number of hydrogen-bond acceptors (Lipinski definition) is 7. The number of ether oxygens (including phenoxy) is 2. The van der Waals surface area contributed by atoms with Gasteiger partial charge in [0.15, 0.2) is 0 Å². The van der Waals surface area contributed by atoms with E-state index in [1.807, 2.05) is 6.92 Å². The largest absolute Gasteiger partial charge is 0.465 e. The van der Waals surface area contributed by atoms with Crippen LogP contribution >= 0.6 is 23.4 Å². The maximum Gasteiger partial charge on any atom is 0.334 e. The number of carbonyl (C=O) groups is 4. The molecular weight excluding hydrogens is 576 g/mol. The van der Waals surface area contributed by atoms with Crippen LogP contribution in [0.4, 0.5) is 14.5 Å². The van der Waals surface area contributed by atoms with E-state index in [-0.39, 0.29) is 58.4 Å². The average Bonchev–Trinajstić information content (AvgIpc) is 2.95. The van der Waals surface area contributed by atoms with E-state index in [2.05, 4.69) is 0 Å². The molecule has 2 aromatic rings. The fraction of sp³-hybridized carbons (Fsp3) is 0.400. The van der Waals surface area contributed by atoms with Crippen molar-refractivity contribution in [3.63, 3.8) is 0 Å². The molecule has 0 aliphatic heterocycles. The smallest absolute Gasteiger partial charge is 0.334 e. The number of anilines is 1. The molecule has 41 heavy (non-hydrogen) atoms. The predicted molar refractivity (Wildman–Crippen MR) is 153 cm³/mol. The SMILES string of the molecule is CCCCCOC(=O)C1=C(C(=O)N(C(=O)c2cccc(F)c2)c2cc(SCC(=O)OCC)c(Cl)cc2F)CCCC1. The van der Waals surface area contributed by atoms with Gasteiger partial charge in [0.25, 0.3) is 11.8 Å². The zero-order valence-corrected chi connectivity index (χ0v) is 24.5. The molecule has 2 amide bonds. The number of imide groups is 1. The molecule has 0 radical (unpaired) electrons. The van der Waals surface area contributed by atoms with E-state index in [1.165, 1.54) is 18.2 Å². The van der Waals surface area contributed by atoms with Crippen LogP contribution in [0.1, 0.15) is 69.2 Å². The number of hydrogen-bond donors (Lipinski definition) is 0. The van der Waals surface area contributed by atoms with Crippen molar-refractivity contribution in [2.24, 2.45) is 0 Å². The third kappa shape index (κ3) is 8.63. The number of unbranched alkanes of at least 4 members (excludes halogenated alkanes) is 2. The second kappa shape index (κ2) is 15.7. The van der Waals surface area contributed by atoms with Crippen molar-refractivity contribution in [3.05, 3.63) is 69.8 Å². The van der Waals surface area contributed by atoms with E-state index in [0.717, 1.165) is 42.8 Å². The maximum absolute atomic E-state index is 15.5. The van der Waals surface area contributed by atoms with Gasteiger partial charge in [-0.1, -0.05) is 37.4 Å². The summed E-state index contributed by atoms with van der Waals surface area (Å²) >= 11 is 7.17. The Kier molecular flexibility index (Phi) is 12.3. The van der Waals surface area contributed by atoms with Crippen molar-refractivity contribution in [1.29, 1.82) is 0 Å². The van der Waals surface area contributed by atoms with E-state index in [4.69, 9.17) is 21.1 Å². The summed E-state index contributed by atoms with van der Waals surface area (Å²) in [5.41, 5.74) is -0.472. The molecule has 11 heteroatoms. The molecule has 0 heterocycles. The molecule has 220 valence electrons. The first-order chi connectivity index (χ1) is 19.7. The summed E-state index contributed by atoms with van der Waals surface area (Å²) in [6.45, 7) is 4.03. The Labute approximate surface area is 247 Å². The molecule has 0 spiro atoms. The van der Waals surface area contributed by atoms with Crippen molar-refractivity contribution in [1.82, 2.24) is 0 Å². The van der Waals surface area contributed by atoms with Crippen LogP contribution in [0.2, 0.25) is 5.02 Å². The summed E-state index contributed by atoms with van der Waals surface area (Å²) in [7, 11) is 0. The van der Waals surface area contributed by atoms with Gasteiger partial charge < -0.3 is 9.47 Å². The van der Waals surface area contributed by atoms with Crippen molar-refractivity contribution < 1.29 is 37.4 Å². The molecule has 0 saturated heterocycles. The molecule has 0 aromatic heterocycles. The summed E-state index contributed by atoms with van der Waals surface area (Å²) in [5.74, 6) is -4.95. The first kappa shape index (κ1) is 32.3. The number of nitrogens with zero attached hydrogens (tertiary/aromatic N) is 1. The van der Waals surface area contributed by atoms with E-state index in [9.17, 15) is 23.6 Å². The number of esters is 2. The summed E-state index contributed by atoms with van der Waals surface area (Å²) in [5, 5.41) is -0.0422. The van der Waals surface area contributed by atoms with Gasteiger partial charge in [-0.25, -0.2) is 18.5 Å². The highest BCUT2D eigenvalue weighted by Gasteiger charge is 2.34. The van der Waals surface area contributed by atoms with Crippen LogP contribution in [-0.2, 0) is 23.9 Å². The normalized spacial score (nSPS) is 13.1. The van der Waals surface area contributed by atoms with Crippen molar-refractivity contribution in [2.75, 3.05) is 23.9 Å². The Morgan fingerprint density at radius 2 is 1.68 bits per heavy atom. The van der Waals surface area contributed by atoms with E-state index in [1.54, 1.807) is 6.92 Å². The predicted octanol–water partition coefficient (Wildman–Crippen LogP) is 7.05. The number of amides is 2. The summed E-state index contributed by atoms with van der Waals surface area (Å²) in [4.78, 5) is 53.5. The minimum atomic E-state index is -0.995. The van der Waals surface area contributed by atoms with E-state index >= 15 is 4.39 Å². The van der Waals surface area contributed by atoms with Crippen molar-refractivity contribution in [2.45, 2.75) is 63.7 Å². The molecule has 0 fully saturated rings. The molecular formula is C30H32ClF2NO6S. The Bertz CT molecular complexity index is 1330. The highest BCUT2D eigenvalue weighted by atomic mass is 35.5. The lowest BCUT2D eigenvalue weighted by Gasteiger charge is -2.26. The lowest BCUT2D eigenvalue weighted by molar-refractivity contribution is -0.140. The second-order valence-corrected chi connectivity index (χ2v) is 10.7. The van der Waals surface area contributed by atoms with Gasteiger partial charge in [0.2, 0.25) is 0 Å². The molecule has 0 bridgehead atoms. The van der Waals surface area contributed by atoms with Gasteiger partial charge in [0, 0.05) is 21.6 Å². The molecule has 0 N–H and O–H groups in total. The number of halogens is 3. The minimum absolute atomic E-state index is 0.0385. The van der Waals surface area contributed by atoms with Gasteiger partial charge in [-0.15, -0.1) is 11.8 Å². The van der Waals surface area contributed by atoms with Gasteiger partial charge in [-0.05, 0) is 69.4 Å². The fourth-order valence-electron chi connectivity index (χ4n) is 4.31. The maximum atomic E-state index is 15.5. The standard InChI is InChI=1S/C30H32ClF2NO6S/c1-3-5-8-14-40-30(38)22-13-7-6-12-21(22)29(37)34(28(36)19-10-9-11-20(32)15-19)25-17-26(23(31)16-24(25)33)41-18-27(35)39-4-2/h9-11,15-17H,3-8,12-14,18H2,1-2H3. The van der Waals surface area contributed by atoms with Gasteiger partial charge >= 0.3 is 11.9 Å². The van der Waals surface area contributed by atoms with Crippen LogP contribution in [0, 0.1) is 11.6 Å². The highest BCUT2D eigenvalue weighted by Crippen LogP contribution is 2.36. The average molecular weight is 608 g/mol. The Morgan fingerprint density at radius 1 is 0.951 bits per heavy atom. The van der Waals surface area contributed by atoms with Crippen molar-refractivity contribution >= 4 is 52.8 Å². The number of carbonyl (C=O) groups excluding carboxylic acids is 4. The Morgan fingerprint density at radius 3 is 2.37 bits per heavy atom. The lowest BCUT2D eigenvalue weighted by Crippen LogP contribution is -2.40. The number of rotatable bonds is 12. The molecule has 3 rings (SSSR count). The quantitative estimate of drug-likeness (QED) is 0.110. The molecule has 1 aliphatic carbocycles. The van der Waals surface area contributed by atoms with E-state index in [0.29, 0.717) is 24.2 Å². The zero-order chi connectivity index (χ0) is 29.9. The third-order valence-corrected chi connectivity index (χ3v) is 7.78. The summed E-state index contributed by atoms with van der Waals surface area (Å²) in [6.07, 6.45) is 4.13. The van der Waals surface area contributed by atoms with Crippen molar-refractivity contribution in [3.8, 4) is 0 Å². The first-order valence-corrected chi connectivity index (χ1v) is 14.8. The fourth-order valence-corrected chi connectivity index (χ4v) is 5.37. The zero-order valence-electron chi connectivity index (χ0n) is 23.0. The van der Waals surface area contributed by atoms with Crippen LogP contribution in [-0.4, -0.2) is 42.7 Å². The Balaban J connectivity index is 2.08. The minimum Gasteiger partial charge on any atom is -0.465 e. The molecule has 0 saturated carbocycles. The van der Waals surface area contributed by atoms with Gasteiger partial charge in [0.05, 0.1) is 29.7 Å². The number of benzene rings is 2. The molecule has 1 aliphatic rings. The molecule has 2 aromatic carbocycles. The second-order valence-electron chi connectivity index (χ2n) is 9.29. The van der Waals surface area contributed by atoms with Gasteiger partial charge in [0.1, 0.15) is 11.6 Å². The number of thioether (sulfide) groups is 1. The van der Waals surface area contributed by atoms with Gasteiger partial charge in [-0.2, -0.15) is 0 Å². The molecule has 0 unspecified atom stereocenters. The molecule has 7 nitrogen and oxygen atoms in total. The summed E-state index contributed by atoms with van der Waals surface area (Å²) < 4.78 is 39.9. The van der Waals surface area contributed by atoms with Crippen LogP contribution in [0.15, 0.2) is 52.4 Å².